The Hall–Kier alpha value is -3.18. The van der Waals surface area contributed by atoms with Crippen LogP contribution in [0, 0.1) is 11.6 Å². The number of nitrogens with zero attached hydrogens (tertiary/aromatic N) is 3. The van der Waals surface area contributed by atoms with Gasteiger partial charge in [-0.1, -0.05) is 50.1 Å². The zero-order valence-corrected chi connectivity index (χ0v) is 22.0. The molecule has 0 bridgehead atoms. The number of halogens is 3. The highest BCUT2D eigenvalue weighted by Crippen LogP contribution is 2.42. The van der Waals surface area contributed by atoms with Gasteiger partial charge >= 0.3 is 0 Å². The molecule has 0 fully saturated rings. The molecule has 1 aromatic carbocycles. The number of rotatable bonds is 11. The Labute approximate surface area is 223 Å². The van der Waals surface area contributed by atoms with Crippen LogP contribution in [0.15, 0.2) is 85.3 Å². The first-order valence-corrected chi connectivity index (χ1v) is 13.2. The molecule has 0 saturated carbocycles. The van der Waals surface area contributed by atoms with E-state index in [1.54, 1.807) is 12.3 Å². The molecule has 192 valence electrons. The van der Waals surface area contributed by atoms with E-state index in [1.165, 1.54) is 24.4 Å². The molecule has 0 radical (unpaired) electrons. The first-order valence-electron chi connectivity index (χ1n) is 12.8. The summed E-state index contributed by atoms with van der Waals surface area (Å²) in [6.07, 6.45) is 8.33. The van der Waals surface area contributed by atoms with E-state index < -0.39 is 0 Å². The van der Waals surface area contributed by atoms with Gasteiger partial charge in [-0.25, -0.2) is 8.78 Å². The maximum atomic E-state index is 13.8. The summed E-state index contributed by atoms with van der Waals surface area (Å²) in [5.41, 5.74) is 3.94. The van der Waals surface area contributed by atoms with Gasteiger partial charge in [0.25, 0.3) is 0 Å². The van der Waals surface area contributed by atoms with Gasteiger partial charge in [0.15, 0.2) is 0 Å². The third-order valence-corrected chi connectivity index (χ3v) is 7.36. The zero-order valence-electron chi connectivity index (χ0n) is 21.2. The topological polar surface area (TPSA) is 38.7 Å². The van der Waals surface area contributed by atoms with Crippen LogP contribution in [0.3, 0.4) is 0 Å². The molecule has 37 heavy (non-hydrogen) atoms. The zero-order chi connectivity index (χ0) is 26.2. The van der Waals surface area contributed by atoms with Gasteiger partial charge in [-0.3, -0.25) is 15.0 Å². The summed E-state index contributed by atoms with van der Waals surface area (Å²) in [5, 5.41) is 0.588. The average molecular weight is 520 g/mol. The van der Waals surface area contributed by atoms with Crippen LogP contribution in [0.5, 0.6) is 0 Å². The highest BCUT2D eigenvalue weighted by Gasteiger charge is 2.29. The Bertz CT molecular complexity index is 1230. The molecule has 0 aliphatic heterocycles. The van der Waals surface area contributed by atoms with Crippen LogP contribution in [0.1, 0.15) is 85.8 Å². The van der Waals surface area contributed by atoms with Gasteiger partial charge < -0.3 is 0 Å². The molecule has 0 amide bonds. The second-order valence-corrected chi connectivity index (χ2v) is 10.2. The molecule has 6 heteroatoms. The molecule has 4 aromatic rings. The molecule has 0 saturated heterocycles. The minimum atomic E-state index is -0.351. The maximum absolute atomic E-state index is 13.8. The van der Waals surface area contributed by atoms with Crippen LogP contribution in [0.4, 0.5) is 8.78 Å². The smallest absolute Gasteiger partial charge is 0.141 e. The van der Waals surface area contributed by atoms with Crippen LogP contribution in [0.25, 0.3) is 0 Å². The molecule has 0 aliphatic rings. The highest BCUT2D eigenvalue weighted by atomic mass is 35.5. The number of aromatic nitrogens is 3. The molecule has 4 atom stereocenters. The lowest BCUT2D eigenvalue weighted by Gasteiger charge is -2.29. The van der Waals surface area contributed by atoms with Crippen LogP contribution in [0.2, 0.25) is 5.02 Å². The number of pyridine rings is 3. The van der Waals surface area contributed by atoms with E-state index in [0.29, 0.717) is 10.9 Å². The molecule has 3 nitrogen and oxygen atoms in total. The molecular weight excluding hydrogens is 488 g/mol. The van der Waals surface area contributed by atoms with Gasteiger partial charge in [0.2, 0.25) is 0 Å². The summed E-state index contributed by atoms with van der Waals surface area (Å²) >= 11 is 6.17. The van der Waals surface area contributed by atoms with E-state index in [0.717, 1.165) is 48.3 Å². The third kappa shape index (κ3) is 7.42. The molecule has 0 aliphatic carbocycles. The SMILES string of the molecule is CC(CCCC(c1ccc(F)cn1)C(CC(C)c1ccccn1)c1ccc(Cl)cn1)c1ccc(F)cc1. The third-order valence-electron chi connectivity index (χ3n) is 7.14. The van der Waals surface area contributed by atoms with Crippen LogP contribution < -0.4 is 0 Å². The van der Waals surface area contributed by atoms with Crippen LogP contribution in [-0.4, -0.2) is 15.0 Å². The van der Waals surface area contributed by atoms with Crippen LogP contribution >= 0.6 is 11.6 Å². The van der Waals surface area contributed by atoms with Gasteiger partial charge in [-0.15, -0.1) is 0 Å². The van der Waals surface area contributed by atoms with E-state index >= 15 is 0 Å². The van der Waals surface area contributed by atoms with Crippen molar-refractivity contribution in [2.75, 3.05) is 0 Å². The average Bonchev–Trinajstić information content (AvgIpc) is 2.92. The molecular formula is C31H32ClF2N3. The molecule has 3 heterocycles. The Morgan fingerprint density at radius 2 is 1.38 bits per heavy atom. The Morgan fingerprint density at radius 3 is 2.03 bits per heavy atom. The predicted octanol–water partition coefficient (Wildman–Crippen LogP) is 8.84. The largest absolute Gasteiger partial charge is 0.261 e. The monoisotopic (exact) mass is 519 g/mol. The molecule has 0 N–H and O–H groups in total. The standard InChI is InChI=1S/C31H32ClF2N3/c1-21(23-9-12-25(33)13-10-23)6-5-7-27(30-16-14-26(34)20-37-30)28(31-15-11-24(32)19-36-31)18-22(2)29-8-3-4-17-35-29/h3-4,8-17,19-22,27-28H,5-7,18H2,1-2H3. The summed E-state index contributed by atoms with van der Waals surface area (Å²) in [6.45, 7) is 4.34. The van der Waals surface area contributed by atoms with E-state index in [1.807, 2.05) is 48.7 Å². The van der Waals surface area contributed by atoms with E-state index in [2.05, 4.69) is 23.8 Å². The highest BCUT2D eigenvalue weighted by molar-refractivity contribution is 6.30. The van der Waals surface area contributed by atoms with Crippen molar-refractivity contribution in [1.82, 2.24) is 15.0 Å². The fourth-order valence-corrected chi connectivity index (χ4v) is 5.14. The number of hydrogen-bond acceptors (Lipinski definition) is 3. The Kier molecular flexibility index (Phi) is 9.34. The Balaban J connectivity index is 1.61. The van der Waals surface area contributed by atoms with Crippen molar-refractivity contribution in [3.05, 3.63) is 125 Å². The van der Waals surface area contributed by atoms with Gasteiger partial charge in [0.1, 0.15) is 11.6 Å². The van der Waals surface area contributed by atoms with E-state index in [-0.39, 0.29) is 29.4 Å². The van der Waals surface area contributed by atoms with E-state index in [4.69, 9.17) is 16.6 Å². The summed E-state index contributed by atoms with van der Waals surface area (Å²) < 4.78 is 27.2. The number of hydrogen-bond donors (Lipinski definition) is 0. The fraction of sp³-hybridized carbons (Fsp3) is 0.323. The first kappa shape index (κ1) is 26.9. The quantitative estimate of drug-likeness (QED) is 0.198. The molecule has 3 aromatic heterocycles. The predicted molar refractivity (Wildman–Crippen MR) is 145 cm³/mol. The van der Waals surface area contributed by atoms with Gasteiger partial charge in [-0.05, 0) is 85.2 Å². The van der Waals surface area contributed by atoms with Crippen LogP contribution in [-0.2, 0) is 0 Å². The molecule has 0 spiro atoms. The summed E-state index contributed by atoms with van der Waals surface area (Å²) in [5.74, 6) is -0.0323. The lowest BCUT2D eigenvalue weighted by atomic mass is 9.76. The van der Waals surface area contributed by atoms with Crippen molar-refractivity contribution in [2.24, 2.45) is 0 Å². The second-order valence-electron chi connectivity index (χ2n) is 9.79. The Morgan fingerprint density at radius 1 is 0.676 bits per heavy atom. The lowest BCUT2D eigenvalue weighted by molar-refractivity contribution is 0.413. The molecule has 4 unspecified atom stereocenters. The van der Waals surface area contributed by atoms with Crippen molar-refractivity contribution in [1.29, 1.82) is 0 Å². The summed E-state index contributed by atoms with van der Waals surface area (Å²) in [6, 6.07) is 19.8. The van der Waals surface area contributed by atoms with Crippen molar-refractivity contribution in [3.63, 3.8) is 0 Å². The van der Waals surface area contributed by atoms with Crippen molar-refractivity contribution < 1.29 is 8.78 Å². The maximum Gasteiger partial charge on any atom is 0.141 e. The van der Waals surface area contributed by atoms with Crippen molar-refractivity contribution >= 4 is 11.6 Å². The second kappa shape index (κ2) is 12.9. The van der Waals surface area contributed by atoms with Gasteiger partial charge in [0, 0.05) is 41.3 Å². The summed E-state index contributed by atoms with van der Waals surface area (Å²) in [7, 11) is 0. The minimum absolute atomic E-state index is 0.0286. The fourth-order valence-electron chi connectivity index (χ4n) is 5.03. The summed E-state index contributed by atoms with van der Waals surface area (Å²) in [4.78, 5) is 13.8. The van der Waals surface area contributed by atoms with E-state index in [9.17, 15) is 8.78 Å². The van der Waals surface area contributed by atoms with Crippen molar-refractivity contribution in [3.8, 4) is 0 Å². The molecule has 4 rings (SSSR count). The number of benzene rings is 1. The van der Waals surface area contributed by atoms with Crippen molar-refractivity contribution in [2.45, 2.75) is 63.2 Å². The minimum Gasteiger partial charge on any atom is -0.261 e. The normalized spacial score (nSPS) is 14.6. The first-order chi connectivity index (χ1) is 17.9. The van der Waals surface area contributed by atoms with Gasteiger partial charge in [-0.2, -0.15) is 0 Å². The van der Waals surface area contributed by atoms with Gasteiger partial charge in [0.05, 0.1) is 11.2 Å². The lowest BCUT2D eigenvalue weighted by Crippen LogP contribution is -2.17.